The van der Waals surface area contributed by atoms with Crippen molar-refractivity contribution in [2.24, 2.45) is 0 Å². The van der Waals surface area contributed by atoms with E-state index in [2.05, 4.69) is 5.32 Å². The molecular formula is C19H13ClN2O4. The Hall–Kier alpha value is -3.38. The predicted octanol–water partition coefficient (Wildman–Crippen LogP) is 5.29. The number of halogens is 1. The van der Waals surface area contributed by atoms with E-state index < -0.39 is 4.92 Å². The molecule has 0 bridgehead atoms. The van der Waals surface area contributed by atoms with Crippen LogP contribution in [-0.2, 0) is 0 Å². The van der Waals surface area contributed by atoms with Gasteiger partial charge in [-0.15, -0.1) is 0 Å². The van der Waals surface area contributed by atoms with Crippen LogP contribution < -0.4 is 10.1 Å². The molecule has 0 unspecified atom stereocenters. The van der Waals surface area contributed by atoms with Gasteiger partial charge in [-0.3, -0.25) is 14.9 Å². The summed E-state index contributed by atoms with van der Waals surface area (Å²) in [5.74, 6) is 0.494. The molecule has 1 amide bonds. The number of nitro benzene ring substituents is 1. The zero-order valence-electron chi connectivity index (χ0n) is 13.4. The summed E-state index contributed by atoms with van der Waals surface area (Å²) in [6.45, 7) is 0. The van der Waals surface area contributed by atoms with Crippen molar-refractivity contribution in [3.05, 3.63) is 93.5 Å². The molecule has 0 aromatic heterocycles. The van der Waals surface area contributed by atoms with Crippen LogP contribution in [0.1, 0.15) is 10.4 Å². The molecule has 0 saturated heterocycles. The van der Waals surface area contributed by atoms with Crippen molar-refractivity contribution in [2.45, 2.75) is 0 Å². The number of nitro groups is 1. The minimum Gasteiger partial charge on any atom is -0.457 e. The first-order chi connectivity index (χ1) is 12.5. The first-order valence-corrected chi connectivity index (χ1v) is 7.98. The van der Waals surface area contributed by atoms with Gasteiger partial charge < -0.3 is 10.1 Å². The molecule has 1 N–H and O–H groups in total. The topological polar surface area (TPSA) is 81.5 Å². The minimum absolute atomic E-state index is 0.0605. The van der Waals surface area contributed by atoms with E-state index in [4.69, 9.17) is 16.3 Å². The average molecular weight is 369 g/mol. The quantitative estimate of drug-likeness (QED) is 0.489. The lowest BCUT2D eigenvalue weighted by Gasteiger charge is -2.09. The Morgan fingerprint density at radius 2 is 1.62 bits per heavy atom. The minimum atomic E-state index is -0.490. The maximum atomic E-state index is 12.2. The van der Waals surface area contributed by atoms with Gasteiger partial charge >= 0.3 is 0 Å². The van der Waals surface area contributed by atoms with E-state index in [1.54, 1.807) is 60.7 Å². The van der Waals surface area contributed by atoms with Crippen molar-refractivity contribution in [3.8, 4) is 11.5 Å². The van der Waals surface area contributed by atoms with E-state index in [-0.39, 0.29) is 11.6 Å². The molecule has 0 saturated carbocycles. The maximum Gasteiger partial charge on any atom is 0.273 e. The smallest absolute Gasteiger partial charge is 0.273 e. The van der Waals surface area contributed by atoms with Crippen LogP contribution in [-0.4, -0.2) is 10.8 Å². The fourth-order valence-corrected chi connectivity index (χ4v) is 2.36. The molecule has 0 fully saturated rings. The monoisotopic (exact) mass is 368 g/mol. The lowest BCUT2D eigenvalue weighted by Crippen LogP contribution is -2.11. The molecule has 26 heavy (non-hydrogen) atoms. The Balaban J connectivity index is 1.74. The first kappa shape index (κ1) is 17.4. The third kappa shape index (κ3) is 4.37. The fourth-order valence-electron chi connectivity index (χ4n) is 2.24. The summed E-state index contributed by atoms with van der Waals surface area (Å²) in [5.41, 5.74) is 0.946. The molecule has 0 aliphatic carbocycles. The number of benzene rings is 3. The maximum absolute atomic E-state index is 12.2. The third-order valence-corrected chi connectivity index (χ3v) is 3.71. The average Bonchev–Trinajstić information content (AvgIpc) is 2.62. The van der Waals surface area contributed by atoms with Crippen molar-refractivity contribution in [2.75, 3.05) is 5.32 Å². The van der Waals surface area contributed by atoms with E-state index in [1.165, 1.54) is 12.1 Å². The zero-order valence-corrected chi connectivity index (χ0v) is 14.1. The molecule has 7 heteroatoms. The van der Waals surface area contributed by atoms with Gasteiger partial charge in [0.15, 0.2) is 0 Å². The second-order valence-corrected chi connectivity index (χ2v) is 5.78. The highest BCUT2D eigenvalue weighted by Gasteiger charge is 2.09. The molecule has 130 valence electrons. The van der Waals surface area contributed by atoms with Gasteiger partial charge in [-0.05, 0) is 42.5 Å². The van der Waals surface area contributed by atoms with Crippen LogP contribution in [0.3, 0.4) is 0 Å². The molecule has 0 heterocycles. The van der Waals surface area contributed by atoms with Gasteiger partial charge in [0.25, 0.3) is 11.6 Å². The highest BCUT2D eigenvalue weighted by molar-refractivity contribution is 6.30. The number of anilines is 1. The molecule has 0 atom stereocenters. The van der Waals surface area contributed by atoms with E-state index in [0.29, 0.717) is 27.8 Å². The number of hydrogen-bond acceptors (Lipinski definition) is 4. The molecular weight excluding hydrogens is 356 g/mol. The standard InChI is InChI=1S/C19H13ClN2O4/c20-14-9-7-13(8-10-14)19(23)21-15-3-1-5-17(11-15)26-18-6-2-4-16(12-18)22(24)25/h1-12H,(H,21,23). The lowest BCUT2D eigenvalue weighted by molar-refractivity contribution is -0.384. The number of rotatable bonds is 5. The van der Waals surface area contributed by atoms with Crippen LogP contribution in [0.4, 0.5) is 11.4 Å². The summed E-state index contributed by atoms with van der Waals surface area (Å²) in [6.07, 6.45) is 0. The Morgan fingerprint density at radius 1 is 0.962 bits per heavy atom. The molecule has 0 spiro atoms. The zero-order chi connectivity index (χ0) is 18.5. The van der Waals surface area contributed by atoms with Crippen LogP contribution in [0.25, 0.3) is 0 Å². The number of amides is 1. The number of ether oxygens (including phenoxy) is 1. The van der Waals surface area contributed by atoms with Crippen LogP contribution in [0.2, 0.25) is 5.02 Å². The van der Waals surface area contributed by atoms with Gasteiger partial charge in [-0.2, -0.15) is 0 Å². The largest absolute Gasteiger partial charge is 0.457 e. The van der Waals surface area contributed by atoms with E-state index in [0.717, 1.165) is 0 Å². The number of nitrogens with zero attached hydrogens (tertiary/aromatic N) is 1. The predicted molar refractivity (Wildman–Crippen MR) is 99.0 cm³/mol. The van der Waals surface area contributed by atoms with E-state index in [1.807, 2.05) is 0 Å². The Labute approximate surface area is 154 Å². The van der Waals surface area contributed by atoms with Crippen LogP contribution in [0, 0.1) is 10.1 Å². The van der Waals surface area contributed by atoms with Crippen molar-refractivity contribution in [1.29, 1.82) is 0 Å². The summed E-state index contributed by atoms with van der Waals surface area (Å²) in [6, 6.07) is 19.2. The Morgan fingerprint density at radius 3 is 2.31 bits per heavy atom. The van der Waals surface area contributed by atoms with Crippen LogP contribution in [0.15, 0.2) is 72.8 Å². The number of non-ortho nitro benzene ring substituents is 1. The number of carbonyl (C=O) groups excluding carboxylic acids is 1. The van der Waals surface area contributed by atoms with Gasteiger partial charge in [-0.1, -0.05) is 23.7 Å². The summed E-state index contributed by atoms with van der Waals surface area (Å²) in [5, 5.41) is 14.1. The Kier molecular flexibility index (Phi) is 5.15. The summed E-state index contributed by atoms with van der Waals surface area (Å²) in [4.78, 5) is 22.6. The van der Waals surface area contributed by atoms with Crippen LogP contribution in [0.5, 0.6) is 11.5 Å². The van der Waals surface area contributed by atoms with Gasteiger partial charge in [0, 0.05) is 28.4 Å². The second kappa shape index (κ2) is 7.67. The number of carbonyl (C=O) groups is 1. The van der Waals surface area contributed by atoms with Gasteiger partial charge in [-0.25, -0.2) is 0 Å². The molecule has 3 aromatic rings. The molecule has 3 rings (SSSR count). The highest BCUT2D eigenvalue weighted by atomic mass is 35.5. The van der Waals surface area contributed by atoms with Crippen LogP contribution >= 0.6 is 11.6 Å². The summed E-state index contributed by atoms with van der Waals surface area (Å²) in [7, 11) is 0. The van der Waals surface area contributed by atoms with E-state index >= 15 is 0 Å². The molecule has 0 aliphatic rings. The number of nitrogens with one attached hydrogen (secondary N) is 1. The molecule has 0 radical (unpaired) electrons. The lowest BCUT2D eigenvalue weighted by atomic mass is 10.2. The molecule has 3 aromatic carbocycles. The third-order valence-electron chi connectivity index (χ3n) is 3.46. The highest BCUT2D eigenvalue weighted by Crippen LogP contribution is 2.27. The molecule has 0 aliphatic heterocycles. The number of hydrogen-bond donors (Lipinski definition) is 1. The summed E-state index contributed by atoms with van der Waals surface area (Å²) < 4.78 is 5.64. The van der Waals surface area contributed by atoms with Gasteiger partial charge in [0.1, 0.15) is 11.5 Å². The van der Waals surface area contributed by atoms with E-state index in [9.17, 15) is 14.9 Å². The fraction of sp³-hybridized carbons (Fsp3) is 0. The second-order valence-electron chi connectivity index (χ2n) is 5.35. The normalized spacial score (nSPS) is 10.2. The van der Waals surface area contributed by atoms with Gasteiger partial charge in [0.2, 0.25) is 0 Å². The SMILES string of the molecule is O=C(Nc1cccc(Oc2cccc([N+](=O)[O-])c2)c1)c1ccc(Cl)cc1. The van der Waals surface area contributed by atoms with Crippen molar-refractivity contribution in [3.63, 3.8) is 0 Å². The van der Waals surface area contributed by atoms with Crippen molar-refractivity contribution in [1.82, 2.24) is 0 Å². The van der Waals surface area contributed by atoms with Gasteiger partial charge in [0.05, 0.1) is 11.0 Å². The van der Waals surface area contributed by atoms with Crippen molar-refractivity contribution >= 4 is 28.9 Å². The molecule has 6 nitrogen and oxygen atoms in total. The van der Waals surface area contributed by atoms with Crippen molar-refractivity contribution < 1.29 is 14.5 Å². The first-order valence-electron chi connectivity index (χ1n) is 7.60. The Bertz CT molecular complexity index is 958. The summed E-state index contributed by atoms with van der Waals surface area (Å²) >= 11 is 5.81.